The summed E-state index contributed by atoms with van der Waals surface area (Å²) in [5.41, 5.74) is 16.0. The van der Waals surface area contributed by atoms with Crippen molar-refractivity contribution in [3.63, 3.8) is 0 Å². The van der Waals surface area contributed by atoms with Crippen molar-refractivity contribution in [3.05, 3.63) is 143 Å². The second-order valence-corrected chi connectivity index (χ2v) is 19.1. The van der Waals surface area contributed by atoms with E-state index in [1.165, 1.54) is 10.5 Å². The van der Waals surface area contributed by atoms with E-state index < -0.39 is 29.8 Å². The fourth-order valence-corrected chi connectivity index (χ4v) is 8.81. The van der Waals surface area contributed by atoms with Crippen molar-refractivity contribution in [1.82, 2.24) is 15.5 Å². The van der Waals surface area contributed by atoms with Gasteiger partial charge in [-0.3, -0.25) is 24.1 Å². The molecule has 4 aromatic rings. The predicted molar refractivity (Wildman–Crippen MR) is 266 cm³/mol. The molecule has 15 nitrogen and oxygen atoms in total. The van der Waals surface area contributed by atoms with Crippen LogP contribution in [-0.2, 0) is 36.8 Å². The molecule has 0 bridgehead atoms. The van der Waals surface area contributed by atoms with Crippen LogP contribution in [0.3, 0.4) is 0 Å². The molecule has 0 aromatic heterocycles. The molecule has 2 fully saturated rings. The number of piperidine rings is 1. The summed E-state index contributed by atoms with van der Waals surface area (Å²) in [6.07, 6.45) is 6.13. The van der Waals surface area contributed by atoms with Gasteiger partial charge in [-0.1, -0.05) is 126 Å². The second kappa shape index (κ2) is 25.4. The number of oxime groups is 2. The van der Waals surface area contributed by atoms with Crippen molar-refractivity contribution in [3.8, 4) is 0 Å². The number of Topliss-reactive ketones (excluding diaryl/α,β-unsaturated/α-hetero) is 2. The van der Waals surface area contributed by atoms with Crippen molar-refractivity contribution in [1.29, 1.82) is 0 Å². The molecule has 0 radical (unpaired) electrons. The number of hydrogen-bond acceptors (Lipinski definition) is 10. The van der Waals surface area contributed by atoms with Gasteiger partial charge in [0.05, 0.1) is 12.1 Å². The number of amides is 3. The molecular weight excluding hydrogens is 875 g/mol. The van der Waals surface area contributed by atoms with Crippen LogP contribution in [0.25, 0.3) is 0 Å². The van der Waals surface area contributed by atoms with Crippen molar-refractivity contribution in [2.45, 2.75) is 134 Å². The number of aryl methyl sites for hydroxylation is 2. The third-order valence-electron chi connectivity index (χ3n) is 12.8. The Morgan fingerprint density at radius 2 is 1.10 bits per heavy atom. The maximum absolute atomic E-state index is 13.4. The molecule has 69 heavy (non-hydrogen) atoms. The summed E-state index contributed by atoms with van der Waals surface area (Å²) in [6.45, 7) is 9.19. The van der Waals surface area contributed by atoms with Crippen LogP contribution in [0, 0.1) is 5.92 Å². The van der Waals surface area contributed by atoms with Gasteiger partial charge in [-0.05, 0) is 114 Å². The minimum absolute atomic E-state index is 0.00963. The summed E-state index contributed by atoms with van der Waals surface area (Å²) < 4.78 is 5.58. The normalized spacial score (nSPS) is 19.5. The van der Waals surface area contributed by atoms with Gasteiger partial charge in [0, 0.05) is 36.4 Å². The summed E-state index contributed by atoms with van der Waals surface area (Å²) >= 11 is 0. The largest absolute Gasteiger partial charge is 0.444 e. The summed E-state index contributed by atoms with van der Waals surface area (Å²) in [5, 5.41) is 29.2. The van der Waals surface area contributed by atoms with Gasteiger partial charge in [0.2, 0.25) is 11.8 Å². The average molecular weight is 944 g/mol. The van der Waals surface area contributed by atoms with Crippen LogP contribution >= 0.6 is 0 Å². The number of amidine groups is 2. The number of ether oxygens (including phenoxy) is 1. The van der Waals surface area contributed by atoms with Crippen LogP contribution in [0.1, 0.15) is 131 Å². The van der Waals surface area contributed by atoms with E-state index in [1.807, 2.05) is 72.8 Å². The van der Waals surface area contributed by atoms with Gasteiger partial charge in [-0.2, -0.15) is 0 Å². The molecule has 1 saturated heterocycles. The quantitative estimate of drug-likeness (QED) is 0.0277. The highest BCUT2D eigenvalue weighted by Crippen LogP contribution is 2.36. The average Bonchev–Trinajstić information content (AvgIpc) is 3.36. The van der Waals surface area contributed by atoms with Crippen LogP contribution in [0.2, 0.25) is 0 Å². The van der Waals surface area contributed by atoms with Crippen LogP contribution in [0.4, 0.5) is 4.79 Å². The smallest absolute Gasteiger partial charge is 0.410 e. The Kier molecular flexibility index (Phi) is 19.5. The summed E-state index contributed by atoms with van der Waals surface area (Å²) in [7, 11) is 0. The molecule has 15 heteroatoms. The molecule has 1 aliphatic heterocycles. The standard InChI is InChI=1S/C29H38N4O5.C25H31N3O3/c1-19(25(34)15-12-20-10-13-22(14-11-20)26(30)32-37)31-27(35)24-18-23(21-8-6-5-7-9-21)16-17-33(24)28(36)38-29(2,3)4;1-17(23(29)15-12-18-10-13-20(14-11-18)24(26)28-31)27-25(30)22-9-5-8-21(16-22)19-6-3-2-4-7-19/h5-11,13-14,19,23-24,37H,12,15-18H2,1-4H3,(H2,30,32)(H,31,35);2-4,6-7,10-11,13-14,17,21-22,31H,5,8-9,12,15-16H2,1H3,(H2,26,28)(H,27,30)/t19-,23-,24+;17-,21-,22+/m00/s1. The minimum Gasteiger partial charge on any atom is -0.444 e. The van der Waals surface area contributed by atoms with Gasteiger partial charge >= 0.3 is 6.09 Å². The Balaban J connectivity index is 0.000000263. The summed E-state index contributed by atoms with van der Waals surface area (Å²) in [4.78, 5) is 66.1. The topological polar surface area (TPSA) is 239 Å². The Bertz CT molecular complexity index is 2390. The first-order valence-electron chi connectivity index (χ1n) is 23.9. The van der Waals surface area contributed by atoms with Crippen LogP contribution in [0.15, 0.2) is 120 Å². The van der Waals surface area contributed by atoms with Gasteiger partial charge < -0.3 is 37.3 Å². The molecule has 368 valence electrons. The minimum atomic E-state index is -0.745. The van der Waals surface area contributed by atoms with Gasteiger partial charge in [0.1, 0.15) is 11.6 Å². The molecule has 3 amide bonds. The molecule has 1 heterocycles. The zero-order valence-corrected chi connectivity index (χ0v) is 40.5. The van der Waals surface area contributed by atoms with E-state index >= 15 is 0 Å². The monoisotopic (exact) mass is 944 g/mol. The maximum atomic E-state index is 13.4. The Labute approximate surface area is 405 Å². The lowest BCUT2D eigenvalue weighted by atomic mass is 9.77. The van der Waals surface area contributed by atoms with Gasteiger partial charge in [0.25, 0.3) is 0 Å². The lowest BCUT2D eigenvalue weighted by Crippen LogP contribution is -2.56. The van der Waals surface area contributed by atoms with Gasteiger partial charge in [-0.25, -0.2) is 4.79 Å². The zero-order chi connectivity index (χ0) is 50.1. The van der Waals surface area contributed by atoms with Gasteiger partial charge in [-0.15, -0.1) is 0 Å². The number of nitrogens with one attached hydrogen (secondary N) is 2. The van der Waals surface area contributed by atoms with Crippen LogP contribution < -0.4 is 22.1 Å². The maximum Gasteiger partial charge on any atom is 0.410 e. The predicted octanol–water partition coefficient (Wildman–Crippen LogP) is 7.73. The van der Waals surface area contributed by atoms with E-state index in [9.17, 15) is 24.0 Å². The number of benzene rings is 4. The molecule has 6 atom stereocenters. The first kappa shape index (κ1) is 52.9. The highest BCUT2D eigenvalue weighted by atomic mass is 16.6. The van der Waals surface area contributed by atoms with Crippen LogP contribution in [-0.4, -0.2) is 86.7 Å². The third kappa shape index (κ3) is 16.0. The summed E-state index contributed by atoms with van der Waals surface area (Å²) in [5.74, 6) is 0.0831. The van der Waals surface area contributed by atoms with E-state index in [-0.39, 0.29) is 53.3 Å². The van der Waals surface area contributed by atoms with Crippen LogP contribution in [0.5, 0.6) is 0 Å². The molecule has 1 saturated carbocycles. The SMILES string of the molecule is C[C@H](NC(=O)[C@@H]1CCC[C@H](c2ccccc2)C1)C(=O)CCc1ccc(/C(N)=N/O)cc1.C[C@H](NC(=O)[C@H]1C[C@@H](c2ccccc2)CCN1C(=O)OC(C)(C)C)C(=O)CCc1ccc(/C(N)=N/O)cc1. The van der Waals surface area contributed by atoms with Gasteiger partial charge in [0.15, 0.2) is 23.2 Å². The number of nitrogens with two attached hydrogens (primary N) is 2. The Hall–Kier alpha value is -7.03. The Morgan fingerprint density at radius 1 is 0.652 bits per heavy atom. The molecule has 4 aromatic carbocycles. The van der Waals surface area contributed by atoms with Crippen molar-refractivity contribution < 1.29 is 39.1 Å². The number of ketones is 2. The first-order valence-corrected chi connectivity index (χ1v) is 23.9. The number of carbonyl (C=O) groups is 5. The first-order chi connectivity index (χ1) is 33.0. The lowest BCUT2D eigenvalue weighted by molar-refractivity contribution is -0.131. The van der Waals surface area contributed by atoms with E-state index in [4.69, 9.17) is 26.6 Å². The highest BCUT2D eigenvalue weighted by Gasteiger charge is 2.39. The molecule has 1 aliphatic carbocycles. The fraction of sp³-hybridized carbons (Fsp3) is 0.426. The van der Waals surface area contributed by atoms with E-state index in [2.05, 4.69) is 33.1 Å². The zero-order valence-electron chi connectivity index (χ0n) is 40.5. The lowest BCUT2D eigenvalue weighted by Gasteiger charge is -2.39. The molecule has 0 spiro atoms. The van der Waals surface area contributed by atoms with Crippen molar-refractivity contribution in [2.24, 2.45) is 27.7 Å². The molecule has 2 aliphatic rings. The van der Waals surface area contributed by atoms with E-state index in [0.29, 0.717) is 49.3 Å². The number of likely N-dealkylation sites (tertiary alicyclic amines) is 1. The molecule has 8 N–H and O–H groups in total. The van der Waals surface area contributed by atoms with Crippen molar-refractivity contribution >= 4 is 41.1 Å². The highest BCUT2D eigenvalue weighted by molar-refractivity contribution is 5.97. The third-order valence-corrected chi connectivity index (χ3v) is 12.8. The van der Waals surface area contributed by atoms with E-state index in [1.54, 1.807) is 58.9 Å². The van der Waals surface area contributed by atoms with E-state index in [0.717, 1.165) is 48.8 Å². The number of hydrogen-bond donors (Lipinski definition) is 6. The molecular formula is C54H69N7O8. The summed E-state index contributed by atoms with van der Waals surface area (Å²) in [6, 6.07) is 32.7. The van der Waals surface area contributed by atoms with Crippen molar-refractivity contribution in [2.75, 3.05) is 6.54 Å². The fourth-order valence-electron chi connectivity index (χ4n) is 8.81. The molecule has 6 rings (SSSR count). The number of carbonyl (C=O) groups excluding carboxylic acids is 5. The number of rotatable bonds is 16. The number of nitrogens with zero attached hydrogens (tertiary/aromatic N) is 3. The Morgan fingerprint density at radius 3 is 1.55 bits per heavy atom. The molecule has 0 unspecified atom stereocenters. The second-order valence-electron chi connectivity index (χ2n) is 19.1.